The molecule has 0 aliphatic carbocycles. The molecule has 2 rings (SSSR count). The summed E-state index contributed by atoms with van der Waals surface area (Å²) in [5.74, 6) is -0.519. The van der Waals surface area contributed by atoms with Gasteiger partial charge in [0.15, 0.2) is 0 Å². The van der Waals surface area contributed by atoms with Crippen molar-refractivity contribution in [3.05, 3.63) is 29.8 Å². The Kier molecular flexibility index (Phi) is 5.97. The minimum Gasteiger partial charge on any atom is -0.497 e. The second-order valence-corrected chi connectivity index (χ2v) is 7.21. The molecule has 1 unspecified atom stereocenters. The lowest BCUT2D eigenvalue weighted by Gasteiger charge is -2.28. The number of benzene rings is 1. The lowest BCUT2D eigenvalue weighted by atomic mass is 10.0. The van der Waals surface area contributed by atoms with Crippen LogP contribution in [0.3, 0.4) is 0 Å². The minimum atomic E-state index is -3.72. The number of hydrogen-bond acceptors (Lipinski definition) is 4. The Morgan fingerprint density at radius 1 is 1.35 bits per heavy atom. The van der Waals surface area contributed by atoms with Crippen LogP contribution in [0.4, 0.5) is 0 Å². The summed E-state index contributed by atoms with van der Waals surface area (Å²) in [6, 6.07) is 5.93. The maximum atomic E-state index is 12.5. The summed E-state index contributed by atoms with van der Waals surface area (Å²) in [5.41, 5.74) is 0.562. The molecular formula is C15H22N2O5S. The summed E-state index contributed by atoms with van der Waals surface area (Å²) in [4.78, 5) is 11.1. The maximum Gasteiger partial charge on any atom is 0.305 e. The largest absolute Gasteiger partial charge is 0.497 e. The maximum absolute atomic E-state index is 12.5. The van der Waals surface area contributed by atoms with Gasteiger partial charge in [-0.15, -0.1) is 0 Å². The van der Waals surface area contributed by atoms with Crippen LogP contribution in [0.15, 0.2) is 24.3 Å². The number of carbonyl (C=O) groups is 1. The Labute approximate surface area is 136 Å². The van der Waals surface area contributed by atoms with Gasteiger partial charge in [-0.2, -0.15) is 17.4 Å². The molecule has 8 heteroatoms. The Balaban J connectivity index is 2.22. The highest BCUT2D eigenvalue weighted by molar-refractivity contribution is 7.87. The third-order valence-corrected chi connectivity index (χ3v) is 5.45. The molecule has 1 aromatic carbocycles. The molecule has 1 aliphatic heterocycles. The van der Waals surface area contributed by atoms with Gasteiger partial charge >= 0.3 is 5.97 Å². The average molecular weight is 342 g/mol. The van der Waals surface area contributed by atoms with Gasteiger partial charge in [-0.25, -0.2) is 0 Å². The molecule has 1 fully saturated rings. The van der Waals surface area contributed by atoms with Gasteiger partial charge in [0.25, 0.3) is 10.2 Å². The number of methoxy groups -OCH3 is 1. The molecule has 1 atom stereocenters. The number of aliphatic carboxylic acids is 1. The molecule has 1 heterocycles. The summed E-state index contributed by atoms with van der Waals surface area (Å²) >= 11 is 0. The monoisotopic (exact) mass is 342 g/mol. The average Bonchev–Trinajstić information content (AvgIpc) is 2.54. The molecule has 1 aliphatic rings. The van der Waals surface area contributed by atoms with Gasteiger partial charge in [0, 0.05) is 13.1 Å². The topological polar surface area (TPSA) is 95.9 Å². The summed E-state index contributed by atoms with van der Waals surface area (Å²) in [6.45, 7) is 0.931. The van der Waals surface area contributed by atoms with Gasteiger partial charge in [0.1, 0.15) is 5.75 Å². The van der Waals surface area contributed by atoms with Crippen LogP contribution in [-0.2, 0) is 15.0 Å². The zero-order chi connectivity index (χ0) is 16.9. The number of nitrogens with one attached hydrogen (secondary N) is 1. The predicted molar refractivity (Wildman–Crippen MR) is 85.5 cm³/mol. The first-order valence-electron chi connectivity index (χ1n) is 7.55. The fraction of sp³-hybridized carbons (Fsp3) is 0.533. The van der Waals surface area contributed by atoms with Crippen LogP contribution >= 0.6 is 0 Å². The van der Waals surface area contributed by atoms with Crippen molar-refractivity contribution in [1.29, 1.82) is 0 Å². The van der Waals surface area contributed by atoms with E-state index in [0.717, 1.165) is 19.3 Å². The standard InChI is InChI=1S/C15H22N2O5S/c1-22-13-7-5-6-12(10-13)14(11-15(18)19)16-23(20,21)17-8-3-2-4-9-17/h5-7,10,14,16H,2-4,8-9,11H2,1H3,(H,18,19). The molecule has 0 saturated carbocycles. The number of rotatable bonds is 7. The molecular weight excluding hydrogens is 320 g/mol. The van der Waals surface area contributed by atoms with Gasteiger partial charge in [0.2, 0.25) is 0 Å². The Morgan fingerprint density at radius 2 is 2.04 bits per heavy atom. The first-order valence-corrected chi connectivity index (χ1v) is 8.99. The molecule has 0 spiro atoms. The second-order valence-electron chi connectivity index (χ2n) is 5.51. The first kappa shape index (κ1) is 17.7. The van der Waals surface area contributed by atoms with Crippen molar-refractivity contribution in [2.24, 2.45) is 0 Å². The lowest BCUT2D eigenvalue weighted by Crippen LogP contribution is -2.45. The van der Waals surface area contributed by atoms with Crippen molar-refractivity contribution in [3.8, 4) is 5.75 Å². The highest BCUT2D eigenvalue weighted by Crippen LogP contribution is 2.24. The van der Waals surface area contributed by atoms with Crippen LogP contribution in [-0.4, -0.2) is 44.0 Å². The van der Waals surface area contributed by atoms with Gasteiger partial charge in [-0.3, -0.25) is 4.79 Å². The zero-order valence-corrected chi connectivity index (χ0v) is 13.9. The molecule has 23 heavy (non-hydrogen) atoms. The van der Waals surface area contributed by atoms with Crippen molar-refractivity contribution >= 4 is 16.2 Å². The van der Waals surface area contributed by atoms with E-state index in [1.807, 2.05) is 0 Å². The normalized spacial score (nSPS) is 17.6. The van der Waals surface area contributed by atoms with E-state index in [0.29, 0.717) is 24.4 Å². The van der Waals surface area contributed by atoms with E-state index in [-0.39, 0.29) is 6.42 Å². The Bertz CT molecular complexity index is 641. The van der Waals surface area contributed by atoms with Crippen molar-refractivity contribution in [3.63, 3.8) is 0 Å². The van der Waals surface area contributed by atoms with Crippen LogP contribution < -0.4 is 9.46 Å². The van der Waals surface area contributed by atoms with E-state index in [9.17, 15) is 13.2 Å². The SMILES string of the molecule is COc1cccc(C(CC(=O)O)NS(=O)(=O)N2CCCCC2)c1. The smallest absolute Gasteiger partial charge is 0.305 e. The first-order chi connectivity index (χ1) is 10.9. The molecule has 1 saturated heterocycles. The van der Waals surface area contributed by atoms with E-state index in [1.165, 1.54) is 11.4 Å². The molecule has 0 bridgehead atoms. The summed E-state index contributed by atoms with van der Waals surface area (Å²) in [6.07, 6.45) is 2.33. The molecule has 1 aromatic rings. The highest BCUT2D eigenvalue weighted by atomic mass is 32.2. The molecule has 7 nitrogen and oxygen atoms in total. The second kappa shape index (κ2) is 7.76. The number of piperidine rings is 1. The Hall–Kier alpha value is -1.64. The van der Waals surface area contributed by atoms with Crippen molar-refractivity contribution in [1.82, 2.24) is 9.03 Å². The number of nitrogens with zero attached hydrogens (tertiary/aromatic N) is 1. The fourth-order valence-electron chi connectivity index (χ4n) is 2.62. The molecule has 0 radical (unpaired) electrons. The molecule has 0 aromatic heterocycles. The van der Waals surface area contributed by atoms with Gasteiger partial charge < -0.3 is 9.84 Å². The van der Waals surface area contributed by atoms with Crippen molar-refractivity contribution in [2.45, 2.75) is 31.7 Å². The number of carboxylic acid groups (broad SMARTS) is 1. The zero-order valence-electron chi connectivity index (χ0n) is 13.1. The molecule has 2 N–H and O–H groups in total. The van der Waals surface area contributed by atoms with Crippen LogP contribution in [0, 0.1) is 0 Å². The number of carboxylic acids is 1. The van der Waals surface area contributed by atoms with Crippen molar-refractivity contribution < 1.29 is 23.1 Å². The van der Waals surface area contributed by atoms with Crippen LogP contribution in [0.2, 0.25) is 0 Å². The third kappa shape index (κ3) is 4.92. The quantitative estimate of drug-likeness (QED) is 0.783. The highest BCUT2D eigenvalue weighted by Gasteiger charge is 2.28. The molecule has 0 amide bonds. The van der Waals surface area contributed by atoms with E-state index in [2.05, 4.69) is 4.72 Å². The fourth-order valence-corrected chi connectivity index (χ4v) is 4.09. The van der Waals surface area contributed by atoms with E-state index in [4.69, 9.17) is 9.84 Å². The van der Waals surface area contributed by atoms with Gasteiger partial charge in [-0.05, 0) is 30.5 Å². The van der Waals surface area contributed by atoms with Crippen molar-refractivity contribution in [2.75, 3.05) is 20.2 Å². The summed E-state index contributed by atoms with van der Waals surface area (Å²) < 4.78 is 34.0. The van der Waals surface area contributed by atoms with Crippen LogP contribution in [0.1, 0.15) is 37.3 Å². The van der Waals surface area contributed by atoms with Gasteiger partial charge in [0.05, 0.1) is 19.6 Å². The summed E-state index contributed by atoms with van der Waals surface area (Å²) in [5, 5.41) is 9.10. The number of hydrogen-bond donors (Lipinski definition) is 2. The van der Waals surface area contributed by atoms with Gasteiger partial charge in [-0.1, -0.05) is 18.6 Å². The lowest BCUT2D eigenvalue weighted by molar-refractivity contribution is -0.137. The van der Waals surface area contributed by atoms with Crippen LogP contribution in [0.25, 0.3) is 0 Å². The van der Waals surface area contributed by atoms with E-state index < -0.39 is 22.2 Å². The Morgan fingerprint density at radius 3 is 2.65 bits per heavy atom. The molecule has 128 valence electrons. The predicted octanol–water partition coefficient (Wildman–Crippen LogP) is 1.53. The van der Waals surface area contributed by atoms with E-state index in [1.54, 1.807) is 24.3 Å². The van der Waals surface area contributed by atoms with Crippen LogP contribution in [0.5, 0.6) is 5.75 Å². The number of ether oxygens (including phenoxy) is 1. The minimum absolute atomic E-state index is 0.333. The van der Waals surface area contributed by atoms with E-state index >= 15 is 0 Å². The summed E-state index contributed by atoms with van der Waals surface area (Å²) in [7, 11) is -2.21. The third-order valence-electron chi connectivity index (χ3n) is 3.82.